The quantitative estimate of drug-likeness (QED) is 0.502. The topological polar surface area (TPSA) is 77.6 Å². The lowest BCUT2D eigenvalue weighted by atomic mass is 10.2. The molecule has 2 heterocycles. The van der Waals surface area contributed by atoms with Gasteiger partial charge in [-0.15, -0.1) is 0 Å². The van der Waals surface area contributed by atoms with Gasteiger partial charge in [-0.05, 0) is 24.3 Å². The van der Waals surface area contributed by atoms with Gasteiger partial charge in [0.25, 0.3) is 5.56 Å². The zero-order valence-corrected chi connectivity index (χ0v) is 15.7. The third kappa shape index (κ3) is 3.69. The number of hydrogen-bond acceptors (Lipinski definition) is 5. The van der Waals surface area contributed by atoms with Crippen LogP contribution in [0.3, 0.4) is 0 Å². The fourth-order valence-electron chi connectivity index (χ4n) is 2.97. The molecule has 1 amide bonds. The van der Waals surface area contributed by atoms with E-state index in [-0.39, 0.29) is 36.9 Å². The van der Waals surface area contributed by atoms with E-state index in [1.807, 2.05) is 18.2 Å². The first-order chi connectivity index (χ1) is 14.0. The Hall–Kier alpha value is -3.68. The first-order valence-corrected chi connectivity index (χ1v) is 9.02. The molecule has 0 unspecified atom stereocenters. The predicted octanol–water partition coefficient (Wildman–Crippen LogP) is 2.82. The minimum Gasteiger partial charge on any atom is -0.489 e. The maximum Gasteiger partial charge on any atom is 0.297 e. The number of rotatable bonds is 6. The molecule has 0 N–H and O–H groups in total. The Morgan fingerprint density at radius 2 is 1.97 bits per heavy atom. The number of halogens is 1. The van der Waals surface area contributed by atoms with E-state index in [1.54, 1.807) is 25.2 Å². The number of aromatic nitrogens is 2. The molecule has 0 saturated heterocycles. The average Bonchev–Trinajstić information content (AvgIpc) is 3.11. The molecule has 7 nitrogen and oxygen atoms in total. The van der Waals surface area contributed by atoms with Gasteiger partial charge in [-0.1, -0.05) is 24.3 Å². The summed E-state index contributed by atoms with van der Waals surface area (Å²) in [6.45, 7) is 0.177. The Labute approximate surface area is 164 Å². The van der Waals surface area contributed by atoms with Crippen molar-refractivity contribution in [3.8, 4) is 5.75 Å². The van der Waals surface area contributed by atoms with Crippen molar-refractivity contribution in [1.29, 1.82) is 0 Å². The average molecular weight is 395 g/mol. The van der Waals surface area contributed by atoms with Crippen molar-refractivity contribution in [3.63, 3.8) is 0 Å². The van der Waals surface area contributed by atoms with Crippen LogP contribution in [0.5, 0.6) is 5.75 Å². The van der Waals surface area contributed by atoms with Crippen molar-refractivity contribution < 1.29 is 18.3 Å². The van der Waals surface area contributed by atoms with E-state index < -0.39 is 11.4 Å². The zero-order chi connectivity index (χ0) is 20.4. The highest BCUT2D eigenvalue weighted by Crippen LogP contribution is 2.24. The van der Waals surface area contributed by atoms with Gasteiger partial charge in [0.2, 0.25) is 11.5 Å². The monoisotopic (exact) mass is 395 g/mol. The first kappa shape index (κ1) is 18.7. The van der Waals surface area contributed by atoms with Gasteiger partial charge >= 0.3 is 0 Å². The van der Waals surface area contributed by atoms with E-state index in [0.717, 1.165) is 5.39 Å². The normalized spacial score (nSPS) is 11.1. The summed E-state index contributed by atoms with van der Waals surface area (Å²) in [6.07, 6.45) is 1.34. The number of likely N-dealkylation sites (N-methyl/N-ethyl adjacent to an activating group) is 1. The molecule has 4 rings (SSSR count). The number of furan rings is 1. The highest BCUT2D eigenvalue weighted by atomic mass is 19.1. The summed E-state index contributed by atoms with van der Waals surface area (Å²) < 4.78 is 25.7. The van der Waals surface area contributed by atoms with Crippen LogP contribution in [0, 0.1) is 5.82 Å². The number of ether oxygens (including phenoxy) is 1. The molecule has 8 heteroatoms. The second kappa shape index (κ2) is 7.75. The third-order valence-electron chi connectivity index (χ3n) is 4.60. The summed E-state index contributed by atoms with van der Waals surface area (Å²) in [6, 6.07) is 13.3. The minimum absolute atomic E-state index is 0.118. The minimum atomic E-state index is -0.460. The second-order valence-electron chi connectivity index (χ2n) is 6.55. The van der Waals surface area contributed by atoms with Gasteiger partial charge in [0.05, 0.1) is 12.9 Å². The highest BCUT2D eigenvalue weighted by molar-refractivity contribution is 6.01. The Bertz CT molecular complexity index is 1250. The number of benzene rings is 2. The molecule has 0 atom stereocenters. The highest BCUT2D eigenvalue weighted by Gasteiger charge is 2.16. The fraction of sp³-hybridized carbons (Fsp3) is 0.190. The number of hydrogen-bond donors (Lipinski definition) is 0. The second-order valence-corrected chi connectivity index (χ2v) is 6.55. The Morgan fingerprint density at radius 1 is 1.21 bits per heavy atom. The summed E-state index contributed by atoms with van der Waals surface area (Å²) in [5.74, 6) is -0.635. The molecular weight excluding hydrogens is 377 g/mol. The molecule has 0 spiro atoms. The molecule has 0 aliphatic heterocycles. The van der Waals surface area contributed by atoms with Gasteiger partial charge in [0.15, 0.2) is 11.6 Å². The van der Waals surface area contributed by atoms with Crippen molar-refractivity contribution in [2.24, 2.45) is 0 Å². The summed E-state index contributed by atoms with van der Waals surface area (Å²) in [5.41, 5.74) is 0.738. The summed E-state index contributed by atoms with van der Waals surface area (Å²) in [7, 11) is 1.59. The van der Waals surface area contributed by atoms with Crippen LogP contribution in [0.15, 0.2) is 64.1 Å². The van der Waals surface area contributed by atoms with Crippen molar-refractivity contribution in [2.75, 3.05) is 20.2 Å². The summed E-state index contributed by atoms with van der Waals surface area (Å²) >= 11 is 0. The number of amides is 1. The molecule has 29 heavy (non-hydrogen) atoms. The van der Waals surface area contributed by atoms with E-state index in [1.165, 1.54) is 27.9 Å². The predicted molar refractivity (Wildman–Crippen MR) is 105 cm³/mol. The molecule has 0 radical (unpaired) electrons. The molecule has 0 fully saturated rings. The van der Waals surface area contributed by atoms with E-state index in [9.17, 15) is 14.0 Å². The summed E-state index contributed by atoms with van der Waals surface area (Å²) in [4.78, 5) is 30.8. The van der Waals surface area contributed by atoms with Crippen molar-refractivity contribution >= 4 is 28.0 Å². The number of fused-ring (bicyclic) bond motifs is 3. The fourth-order valence-corrected chi connectivity index (χ4v) is 2.97. The van der Waals surface area contributed by atoms with Crippen LogP contribution >= 0.6 is 0 Å². The lowest BCUT2D eigenvalue weighted by Gasteiger charge is -2.18. The Kier molecular flexibility index (Phi) is 4.99. The van der Waals surface area contributed by atoms with E-state index in [0.29, 0.717) is 11.1 Å². The van der Waals surface area contributed by atoms with Gasteiger partial charge in [0, 0.05) is 12.4 Å². The van der Waals surface area contributed by atoms with Gasteiger partial charge in [0.1, 0.15) is 24.3 Å². The number of carbonyl (C=O) groups excluding carboxylic acids is 1. The molecule has 2 aromatic heterocycles. The van der Waals surface area contributed by atoms with Crippen molar-refractivity contribution in [3.05, 3.63) is 71.0 Å². The molecule has 148 valence electrons. The van der Waals surface area contributed by atoms with Crippen molar-refractivity contribution in [1.82, 2.24) is 14.5 Å². The van der Waals surface area contributed by atoms with Crippen LogP contribution in [0.1, 0.15) is 0 Å². The molecule has 4 aromatic rings. The number of para-hydroxylation sites is 2. The molecule has 0 bridgehead atoms. The lowest BCUT2D eigenvalue weighted by Crippen LogP contribution is -2.36. The van der Waals surface area contributed by atoms with E-state index in [2.05, 4.69) is 4.98 Å². The van der Waals surface area contributed by atoms with E-state index in [4.69, 9.17) is 9.15 Å². The zero-order valence-electron chi connectivity index (χ0n) is 15.7. The molecule has 2 aromatic carbocycles. The van der Waals surface area contributed by atoms with Crippen LogP contribution in [-0.4, -0.2) is 40.6 Å². The van der Waals surface area contributed by atoms with Gasteiger partial charge in [-0.25, -0.2) is 9.37 Å². The van der Waals surface area contributed by atoms with Gasteiger partial charge in [-0.2, -0.15) is 0 Å². The summed E-state index contributed by atoms with van der Waals surface area (Å²) in [5, 5.41) is 0.750. The third-order valence-corrected chi connectivity index (χ3v) is 4.60. The van der Waals surface area contributed by atoms with Crippen LogP contribution in [0.4, 0.5) is 4.39 Å². The number of nitrogens with zero attached hydrogens (tertiary/aromatic N) is 3. The molecule has 0 aliphatic rings. The van der Waals surface area contributed by atoms with E-state index >= 15 is 0 Å². The first-order valence-electron chi connectivity index (χ1n) is 9.02. The van der Waals surface area contributed by atoms with Crippen LogP contribution in [0.2, 0.25) is 0 Å². The Morgan fingerprint density at radius 3 is 2.79 bits per heavy atom. The molecule has 0 aliphatic carbocycles. The number of carbonyl (C=O) groups is 1. The smallest absolute Gasteiger partial charge is 0.297 e. The maximum atomic E-state index is 13.5. The van der Waals surface area contributed by atoms with Gasteiger partial charge in [-0.3, -0.25) is 14.2 Å². The van der Waals surface area contributed by atoms with Crippen LogP contribution in [0.25, 0.3) is 22.1 Å². The van der Waals surface area contributed by atoms with Gasteiger partial charge < -0.3 is 14.1 Å². The maximum absolute atomic E-state index is 13.5. The Balaban J connectivity index is 1.44. The largest absolute Gasteiger partial charge is 0.489 e. The van der Waals surface area contributed by atoms with Crippen LogP contribution < -0.4 is 10.3 Å². The molecule has 0 saturated carbocycles. The molecular formula is C21H18FN3O4. The SMILES string of the molecule is CN(CCOc1ccccc1F)C(=O)Cn1cnc2c(oc3ccccc32)c1=O. The van der Waals surface area contributed by atoms with Crippen molar-refractivity contribution in [2.45, 2.75) is 6.54 Å². The standard InChI is InChI=1S/C21H18FN3O4/c1-24(10-11-28-17-9-5-3-7-15(17)22)18(26)12-25-13-23-19-14-6-2-4-8-16(14)29-20(19)21(25)27/h2-9,13H,10-12H2,1H3. The lowest BCUT2D eigenvalue weighted by molar-refractivity contribution is -0.130. The van der Waals surface area contributed by atoms with Crippen LogP contribution in [-0.2, 0) is 11.3 Å².